The highest BCUT2D eigenvalue weighted by Gasteiger charge is 2.35. The molecule has 0 fully saturated rings. The average Bonchev–Trinajstić information content (AvgIpc) is 3.44. The zero-order chi connectivity index (χ0) is 34.8. The highest BCUT2D eigenvalue weighted by Crippen LogP contribution is 2.36. The molecule has 0 amide bonds. The van der Waals surface area contributed by atoms with Gasteiger partial charge in [0.25, 0.3) is 5.56 Å². The summed E-state index contributed by atoms with van der Waals surface area (Å²) in [5.41, 5.74) is 4.01. The van der Waals surface area contributed by atoms with Crippen LogP contribution in [0.25, 0.3) is 22.5 Å². The van der Waals surface area contributed by atoms with Crippen molar-refractivity contribution in [1.82, 2.24) is 4.57 Å². The zero-order valence-electron chi connectivity index (χ0n) is 27.1. The van der Waals surface area contributed by atoms with Gasteiger partial charge in [0.05, 0.1) is 42.7 Å². The van der Waals surface area contributed by atoms with Crippen molar-refractivity contribution in [3.05, 3.63) is 164 Å². The van der Waals surface area contributed by atoms with Gasteiger partial charge in [0, 0.05) is 5.56 Å². The van der Waals surface area contributed by atoms with E-state index in [1.54, 1.807) is 18.6 Å². The van der Waals surface area contributed by atoms with E-state index in [4.69, 9.17) is 19.2 Å². The molecule has 1 aliphatic heterocycles. The molecule has 0 bridgehead atoms. The summed E-state index contributed by atoms with van der Waals surface area (Å²) < 4.78 is 21.3. The summed E-state index contributed by atoms with van der Waals surface area (Å²) in [5, 5.41) is 2.34. The molecular formula is C40H30I2N2O5S. The van der Waals surface area contributed by atoms with E-state index in [9.17, 15) is 9.59 Å². The van der Waals surface area contributed by atoms with Gasteiger partial charge in [0.2, 0.25) is 0 Å². The van der Waals surface area contributed by atoms with Gasteiger partial charge in [-0.2, -0.15) is 0 Å². The third kappa shape index (κ3) is 6.75. The fraction of sp³-hybridized carbons (Fsp3) is 0.125. The van der Waals surface area contributed by atoms with Crippen LogP contribution in [0.1, 0.15) is 35.2 Å². The minimum absolute atomic E-state index is 0.184. The molecule has 1 atom stereocenters. The Bertz CT molecular complexity index is 2430. The Labute approximate surface area is 319 Å². The number of hydrogen-bond acceptors (Lipinski definition) is 7. The van der Waals surface area contributed by atoms with Gasteiger partial charge in [-0.25, -0.2) is 9.79 Å². The molecule has 0 saturated heterocycles. The van der Waals surface area contributed by atoms with Crippen LogP contribution in [0.3, 0.4) is 0 Å². The van der Waals surface area contributed by atoms with Crippen molar-refractivity contribution < 1.29 is 19.0 Å². The van der Waals surface area contributed by atoms with Gasteiger partial charge in [0.1, 0.15) is 18.1 Å². The lowest BCUT2D eigenvalue weighted by Crippen LogP contribution is -2.40. The van der Waals surface area contributed by atoms with Crippen LogP contribution in [0.15, 0.2) is 125 Å². The number of methoxy groups -OCH3 is 1. The van der Waals surface area contributed by atoms with Gasteiger partial charge in [-0.1, -0.05) is 96.3 Å². The number of aromatic nitrogens is 1. The maximum Gasteiger partial charge on any atom is 0.338 e. The lowest BCUT2D eigenvalue weighted by molar-refractivity contribution is -0.138. The molecule has 0 radical (unpaired) electrons. The number of rotatable bonds is 9. The second-order valence-corrected chi connectivity index (χ2v) is 14.8. The molecule has 0 spiro atoms. The molecule has 250 valence electrons. The first-order valence-corrected chi connectivity index (χ1v) is 18.8. The van der Waals surface area contributed by atoms with E-state index in [2.05, 4.69) is 69.4 Å². The van der Waals surface area contributed by atoms with Gasteiger partial charge in [0.15, 0.2) is 4.80 Å². The summed E-state index contributed by atoms with van der Waals surface area (Å²) in [6.07, 6.45) is 1.88. The van der Waals surface area contributed by atoms with Gasteiger partial charge in [-0.05, 0) is 110 Å². The molecule has 1 aromatic heterocycles. The largest absolute Gasteiger partial charge is 0.497 e. The fourth-order valence-corrected chi connectivity index (χ4v) is 9.19. The van der Waals surface area contributed by atoms with Crippen LogP contribution in [0.5, 0.6) is 11.5 Å². The summed E-state index contributed by atoms with van der Waals surface area (Å²) in [7, 11) is 1.60. The Morgan fingerprint density at radius 3 is 2.34 bits per heavy atom. The Hall–Kier alpha value is -4.27. The number of halogens is 2. The van der Waals surface area contributed by atoms with E-state index in [-0.39, 0.29) is 12.2 Å². The highest BCUT2D eigenvalue weighted by molar-refractivity contribution is 14.1. The van der Waals surface area contributed by atoms with Crippen LogP contribution >= 0.6 is 56.5 Å². The van der Waals surface area contributed by atoms with E-state index in [0.29, 0.717) is 33.0 Å². The number of fused-ring (bicyclic) bond motifs is 2. The van der Waals surface area contributed by atoms with Crippen molar-refractivity contribution in [2.75, 3.05) is 13.7 Å². The molecule has 10 heteroatoms. The van der Waals surface area contributed by atoms with Crippen LogP contribution in [-0.4, -0.2) is 24.3 Å². The fourth-order valence-electron chi connectivity index (χ4n) is 6.06. The Morgan fingerprint density at radius 2 is 1.62 bits per heavy atom. The number of carbonyl (C=O) groups is 1. The third-order valence-corrected chi connectivity index (χ3v) is 11.0. The Balaban J connectivity index is 1.32. The quantitative estimate of drug-likeness (QED) is 0.109. The van der Waals surface area contributed by atoms with E-state index in [1.165, 1.54) is 22.1 Å². The number of nitrogens with zero attached hydrogens (tertiary/aromatic N) is 2. The minimum atomic E-state index is -0.765. The monoisotopic (exact) mass is 904 g/mol. The molecule has 0 saturated carbocycles. The number of esters is 1. The van der Waals surface area contributed by atoms with Crippen LogP contribution in [0.4, 0.5) is 0 Å². The van der Waals surface area contributed by atoms with E-state index in [1.807, 2.05) is 91.0 Å². The molecule has 0 aliphatic carbocycles. The lowest BCUT2D eigenvalue weighted by atomic mass is 9.93. The molecule has 7 rings (SSSR count). The van der Waals surface area contributed by atoms with Crippen LogP contribution in [0, 0.1) is 7.14 Å². The third-order valence-electron chi connectivity index (χ3n) is 8.38. The molecule has 7 nitrogen and oxygen atoms in total. The van der Waals surface area contributed by atoms with Crippen molar-refractivity contribution in [3.8, 4) is 11.5 Å². The average molecular weight is 905 g/mol. The summed E-state index contributed by atoms with van der Waals surface area (Å²) in [5.74, 6) is 0.942. The lowest BCUT2D eigenvalue weighted by Gasteiger charge is -2.26. The molecule has 5 aromatic carbocycles. The van der Waals surface area contributed by atoms with Gasteiger partial charge in [-0.3, -0.25) is 9.36 Å². The number of benzene rings is 5. The Kier molecular flexibility index (Phi) is 10.2. The van der Waals surface area contributed by atoms with Gasteiger partial charge in [-0.15, -0.1) is 0 Å². The first-order chi connectivity index (χ1) is 24.4. The maximum absolute atomic E-state index is 14.4. The Morgan fingerprint density at radius 1 is 0.920 bits per heavy atom. The molecule has 1 aliphatic rings. The first kappa shape index (κ1) is 34.2. The van der Waals surface area contributed by atoms with Crippen LogP contribution in [-0.2, 0) is 16.1 Å². The van der Waals surface area contributed by atoms with Crippen molar-refractivity contribution in [2.24, 2.45) is 4.99 Å². The number of ether oxygens (including phenoxy) is 3. The smallest absolute Gasteiger partial charge is 0.338 e. The first-order valence-electron chi connectivity index (χ1n) is 15.9. The van der Waals surface area contributed by atoms with Gasteiger partial charge < -0.3 is 14.2 Å². The van der Waals surface area contributed by atoms with Crippen molar-refractivity contribution in [2.45, 2.75) is 19.6 Å². The molecule has 0 unspecified atom stereocenters. The zero-order valence-corrected chi connectivity index (χ0v) is 32.2. The summed E-state index contributed by atoms with van der Waals surface area (Å²) in [4.78, 5) is 33.5. The normalized spacial score (nSPS) is 14.3. The number of thiazole rings is 1. The van der Waals surface area contributed by atoms with Gasteiger partial charge >= 0.3 is 5.97 Å². The standard InChI is InChI=1S/C40H30I2N2O5S/c1-3-48-39(46)34-35(26-11-5-4-6-12-26)43-40-44(36(34)27-16-18-29(47-2)19-17-27)38(45)33(50-40)22-24-20-31(41)37(32(42)21-24)49-23-28-14-9-13-25-10-7-8-15-30(25)28/h4-22,36H,3,23H2,1-2H3/b33-22-/t36-/m0/s1. The summed E-state index contributed by atoms with van der Waals surface area (Å²) in [6, 6.07) is 34.7. The summed E-state index contributed by atoms with van der Waals surface area (Å²) >= 11 is 5.87. The summed E-state index contributed by atoms with van der Waals surface area (Å²) in [6.45, 7) is 2.38. The topological polar surface area (TPSA) is 79.1 Å². The van der Waals surface area contributed by atoms with E-state index < -0.39 is 12.0 Å². The molecular weight excluding hydrogens is 874 g/mol. The molecule has 50 heavy (non-hydrogen) atoms. The van der Waals surface area contributed by atoms with Crippen molar-refractivity contribution in [3.63, 3.8) is 0 Å². The molecule has 0 N–H and O–H groups in total. The SMILES string of the molecule is CCOC(=O)C1=C(c2ccccc2)N=c2s/c(=C\c3cc(I)c(OCc4cccc5ccccc45)c(I)c3)c(=O)n2[C@H]1c1ccc(OC)cc1. The molecule has 6 aromatic rings. The minimum Gasteiger partial charge on any atom is -0.497 e. The predicted molar refractivity (Wildman–Crippen MR) is 214 cm³/mol. The van der Waals surface area contributed by atoms with Crippen LogP contribution in [0.2, 0.25) is 0 Å². The number of hydrogen-bond donors (Lipinski definition) is 0. The van der Waals surface area contributed by atoms with E-state index >= 15 is 0 Å². The van der Waals surface area contributed by atoms with E-state index in [0.717, 1.165) is 35.1 Å². The predicted octanol–water partition coefficient (Wildman–Crippen LogP) is 7.89. The van der Waals surface area contributed by atoms with Crippen LogP contribution < -0.4 is 24.4 Å². The second kappa shape index (κ2) is 14.9. The number of carbonyl (C=O) groups excluding carboxylic acids is 1. The second-order valence-electron chi connectivity index (χ2n) is 11.4. The van der Waals surface area contributed by atoms with Crippen molar-refractivity contribution >= 4 is 85.0 Å². The van der Waals surface area contributed by atoms with Crippen molar-refractivity contribution in [1.29, 1.82) is 0 Å². The maximum atomic E-state index is 14.4. The molecule has 2 heterocycles. The highest BCUT2D eigenvalue weighted by atomic mass is 127.